The minimum Gasteiger partial charge on any atom is -0.376 e. The van der Waals surface area contributed by atoms with Gasteiger partial charge in [0.2, 0.25) is 0 Å². The Hall–Kier alpha value is -2.53. The molecule has 2 N–H and O–H groups in total. The van der Waals surface area contributed by atoms with Crippen molar-refractivity contribution in [2.24, 2.45) is 10.7 Å². The van der Waals surface area contributed by atoms with Crippen LogP contribution in [-0.4, -0.2) is 25.8 Å². The third-order valence-electron chi connectivity index (χ3n) is 3.76. The van der Waals surface area contributed by atoms with E-state index in [2.05, 4.69) is 9.18 Å². The highest BCUT2D eigenvalue weighted by molar-refractivity contribution is 7.88. The van der Waals surface area contributed by atoms with Crippen LogP contribution in [0.1, 0.15) is 24.0 Å². The fourth-order valence-corrected chi connectivity index (χ4v) is 2.80. The van der Waals surface area contributed by atoms with Crippen molar-refractivity contribution in [3.05, 3.63) is 65.2 Å². The summed E-state index contributed by atoms with van der Waals surface area (Å²) in [4.78, 5) is 3.99. The minimum absolute atomic E-state index is 0.0274. The second kappa shape index (κ2) is 8.87. The van der Waals surface area contributed by atoms with Gasteiger partial charge >= 0.3 is 15.6 Å². The second-order valence-electron chi connectivity index (χ2n) is 6.07. The number of alkyl halides is 3. The lowest BCUT2D eigenvalue weighted by molar-refractivity contribution is -0.0500. The highest BCUT2D eigenvalue weighted by atomic mass is 32.2. The Morgan fingerprint density at radius 2 is 1.62 bits per heavy atom. The molecule has 2 aromatic carbocycles. The van der Waals surface area contributed by atoms with Gasteiger partial charge in [-0.15, -0.1) is 0 Å². The Labute approximate surface area is 164 Å². The van der Waals surface area contributed by atoms with Crippen LogP contribution in [0.15, 0.2) is 47.5 Å². The van der Waals surface area contributed by atoms with Crippen LogP contribution < -0.4 is 9.92 Å². The average molecular weight is 436 g/mol. The van der Waals surface area contributed by atoms with Crippen LogP contribution in [0, 0.1) is 18.6 Å². The molecule has 0 spiro atoms. The van der Waals surface area contributed by atoms with Crippen molar-refractivity contribution in [2.75, 3.05) is 0 Å². The standard InChI is InChI=1S/C10H10F2N2.C8H7F3O3S/c11-6-2-1-3-7(12)10(6)8-4-5-9(13)14-8;1-6-2-4-7(5-3-6)14-15(12,13)8(9,10)11/h1-3,9H,4-5,13H2;2-5H,1H3. The monoisotopic (exact) mass is 436 g/mol. The summed E-state index contributed by atoms with van der Waals surface area (Å²) in [5.74, 6) is -1.51. The molecule has 29 heavy (non-hydrogen) atoms. The van der Waals surface area contributed by atoms with Crippen LogP contribution in [0.3, 0.4) is 0 Å². The first-order valence-electron chi connectivity index (χ1n) is 8.25. The number of hydrogen-bond donors (Lipinski definition) is 1. The smallest absolute Gasteiger partial charge is 0.376 e. The molecule has 1 aliphatic rings. The normalized spacial score (nSPS) is 16.7. The number of hydrogen-bond acceptors (Lipinski definition) is 5. The van der Waals surface area contributed by atoms with Crippen molar-refractivity contribution in [3.63, 3.8) is 0 Å². The maximum Gasteiger partial charge on any atom is 0.534 e. The lowest BCUT2D eigenvalue weighted by atomic mass is 10.1. The number of halogens is 5. The molecule has 0 aliphatic carbocycles. The van der Waals surface area contributed by atoms with Crippen molar-refractivity contribution in [1.82, 2.24) is 0 Å². The first-order valence-corrected chi connectivity index (χ1v) is 9.65. The van der Waals surface area contributed by atoms with E-state index >= 15 is 0 Å². The molecule has 0 fully saturated rings. The molecule has 1 atom stereocenters. The Bertz CT molecular complexity index is 969. The van der Waals surface area contributed by atoms with E-state index in [1.165, 1.54) is 30.3 Å². The third kappa shape index (κ3) is 5.97. The average Bonchev–Trinajstić information content (AvgIpc) is 3.02. The van der Waals surface area contributed by atoms with Gasteiger partial charge in [-0.1, -0.05) is 23.8 Å². The Morgan fingerprint density at radius 3 is 2.07 bits per heavy atom. The van der Waals surface area contributed by atoms with Crippen LogP contribution in [0.25, 0.3) is 0 Å². The Morgan fingerprint density at radius 1 is 1.07 bits per heavy atom. The SMILES string of the molecule is Cc1ccc(OS(=O)(=O)C(F)(F)F)cc1.NC1CCC(c2c(F)cccc2F)=N1. The topological polar surface area (TPSA) is 81.8 Å². The van der Waals surface area contributed by atoms with Gasteiger partial charge in [0.05, 0.1) is 11.7 Å². The molecule has 5 nitrogen and oxygen atoms in total. The van der Waals surface area contributed by atoms with E-state index < -0.39 is 27.3 Å². The zero-order chi connectivity index (χ0) is 21.8. The molecule has 11 heteroatoms. The first-order chi connectivity index (χ1) is 13.4. The predicted molar refractivity (Wildman–Crippen MR) is 96.9 cm³/mol. The van der Waals surface area contributed by atoms with Gasteiger partial charge in [-0.25, -0.2) is 8.78 Å². The lowest BCUT2D eigenvalue weighted by Gasteiger charge is -2.09. The fraction of sp³-hybridized carbons (Fsp3) is 0.278. The van der Waals surface area contributed by atoms with Crippen molar-refractivity contribution in [2.45, 2.75) is 31.4 Å². The minimum atomic E-state index is -5.56. The molecule has 0 radical (unpaired) electrons. The number of benzene rings is 2. The summed E-state index contributed by atoms with van der Waals surface area (Å²) >= 11 is 0. The summed E-state index contributed by atoms with van der Waals surface area (Å²) in [5, 5.41) is 0. The van der Waals surface area contributed by atoms with Crippen molar-refractivity contribution in [3.8, 4) is 5.75 Å². The zero-order valence-corrected chi connectivity index (χ0v) is 15.9. The van der Waals surface area contributed by atoms with E-state index in [-0.39, 0.29) is 17.5 Å². The molecule has 1 heterocycles. The summed E-state index contributed by atoms with van der Waals surface area (Å²) in [6, 6.07) is 8.98. The molecule has 0 saturated carbocycles. The van der Waals surface area contributed by atoms with E-state index in [1.807, 2.05) is 0 Å². The number of nitrogens with two attached hydrogens (primary N) is 1. The van der Waals surface area contributed by atoms with Crippen molar-refractivity contribution in [1.29, 1.82) is 0 Å². The van der Waals surface area contributed by atoms with Crippen LogP contribution >= 0.6 is 0 Å². The number of nitrogens with zero attached hydrogens (tertiary/aromatic N) is 1. The summed E-state index contributed by atoms with van der Waals surface area (Å²) in [6.45, 7) is 1.71. The van der Waals surface area contributed by atoms with Gasteiger partial charge in [0.25, 0.3) is 0 Å². The van der Waals surface area contributed by atoms with Gasteiger partial charge < -0.3 is 9.92 Å². The van der Waals surface area contributed by atoms with Gasteiger partial charge in [0, 0.05) is 5.71 Å². The maximum atomic E-state index is 13.3. The molecule has 1 unspecified atom stereocenters. The van der Waals surface area contributed by atoms with Gasteiger partial charge in [-0.3, -0.25) is 4.99 Å². The molecule has 2 aromatic rings. The molecule has 0 aromatic heterocycles. The Balaban J connectivity index is 0.000000207. The quantitative estimate of drug-likeness (QED) is 0.447. The fourth-order valence-electron chi connectivity index (χ4n) is 2.34. The van der Waals surface area contributed by atoms with Gasteiger partial charge in [0.15, 0.2) is 0 Å². The zero-order valence-electron chi connectivity index (χ0n) is 15.1. The largest absolute Gasteiger partial charge is 0.534 e. The van der Waals surface area contributed by atoms with E-state index in [0.29, 0.717) is 18.6 Å². The number of aliphatic imine (C=N–C) groups is 1. The van der Waals surface area contributed by atoms with Gasteiger partial charge in [0.1, 0.15) is 17.4 Å². The van der Waals surface area contributed by atoms with Crippen LogP contribution in [0.4, 0.5) is 22.0 Å². The maximum absolute atomic E-state index is 13.3. The van der Waals surface area contributed by atoms with Crippen LogP contribution in [-0.2, 0) is 10.1 Å². The van der Waals surface area contributed by atoms with E-state index in [1.54, 1.807) is 6.92 Å². The van der Waals surface area contributed by atoms with Crippen molar-refractivity contribution < 1.29 is 34.6 Å². The number of aryl methyl sites for hydroxylation is 1. The summed E-state index contributed by atoms with van der Waals surface area (Å²) < 4.78 is 87.2. The van der Waals surface area contributed by atoms with E-state index in [0.717, 1.165) is 17.7 Å². The summed E-state index contributed by atoms with van der Waals surface area (Å²) in [6.07, 6.45) is 0.881. The highest BCUT2D eigenvalue weighted by Crippen LogP contribution is 2.26. The highest BCUT2D eigenvalue weighted by Gasteiger charge is 2.48. The third-order valence-corrected chi connectivity index (χ3v) is 4.74. The van der Waals surface area contributed by atoms with Crippen molar-refractivity contribution >= 4 is 15.8 Å². The lowest BCUT2D eigenvalue weighted by Crippen LogP contribution is -2.28. The van der Waals surface area contributed by atoms with E-state index in [9.17, 15) is 30.4 Å². The molecule has 3 rings (SSSR count). The molecular weight excluding hydrogens is 419 g/mol. The summed E-state index contributed by atoms with van der Waals surface area (Å²) in [7, 11) is -5.56. The molecule has 158 valence electrons. The first kappa shape index (κ1) is 22.8. The molecule has 0 saturated heterocycles. The predicted octanol–water partition coefficient (Wildman–Crippen LogP) is 4.06. The second-order valence-corrected chi connectivity index (χ2v) is 7.61. The van der Waals surface area contributed by atoms with Gasteiger partial charge in [-0.05, 0) is 44.0 Å². The van der Waals surface area contributed by atoms with E-state index in [4.69, 9.17) is 5.73 Å². The molecular formula is C18H17F5N2O3S. The number of rotatable bonds is 3. The van der Waals surface area contributed by atoms with Crippen LogP contribution in [0.2, 0.25) is 0 Å². The molecule has 1 aliphatic heterocycles. The van der Waals surface area contributed by atoms with Crippen LogP contribution in [0.5, 0.6) is 5.75 Å². The van der Waals surface area contributed by atoms with Gasteiger partial charge in [-0.2, -0.15) is 21.6 Å². The Kier molecular flexibility index (Phi) is 6.96. The summed E-state index contributed by atoms with van der Waals surface area (Å²) in [5.41, 5.74) is 1.32. The molecule has 0 amide bonds. The molecule has 0 bridgehead atoms.